The molecule has 0 bridgehead atoms. The summed E-state index contributed by atoms with van der Waals surface area (Å²) in [4.78, 5) is 163. The highest BCUT2D eigenvalue weighted by Gasteiger charge is 2.40. The maximum absolute atomic E-state index is 14.6. The van der Waals surface area contributed by atoms with E-state index in [9.17, 15) is 62.6 Å². The summed E-state index contributed by atoms with van der Waals surface area (Å²) in [7, 11) is 0. The molecule has 2 saturated heterocycles. The molecule has 0 spiro atoms. The van der Waals surface area contributed by atoms with Crippen LogP contribution in [0.2, 0.25) is 0 Å². The van der Waals surface area contributed by atoms with Gasteiger partial charge in [0.1, 0.15) is 47.4 Å². The fourth-order valence-electron chi connectivity index (χ4n) is 11.5. The lowest BCUT2D eigenvalue weighted by atomic mass is 9.77. The minimum Gasteiger partial charge on any atom is -0.480 e. The highest BCUT2D eigenvalue weighted by atomic mass is 16.6. The van der Waals surface area contributed by atoms with Crippen LogP contribution in [0, 0.1) is 11.8 Å². The van der Waals surface area contributed by atoms with E-state index < -0.39 is 150 Å². The number of nitrogens with zero attached hydrogens (tertiary/aromatic N) is 1. The zero-order chi connectivity index (χ0) is 71.6. The standard InChI is InChI=1S/C70H102N12O15/c1-43(2)36-53(62(89)74-41-58(85)78-54(37-44(3)4)64(91)76-45(5)60(87)75-42-59(86)82-35-23-31-55(82)65(92)79-51(66(93)94)30-21-22-34-71-67(95)97-69(9,10)11)80-63(90)50(77-57(84)40-73-61(88)52-38-49(39-72-52)96-68(6,7)8)32-33-56(83)81-70(46-24-15-12-16-25-46,47-26-17-13-18-27-47)48-28-19-14-20-29-48/h12-20,24-29,43-45,49-55,72H,21-23,30-42H2,1-11H3,(H,71,95)(H,73,88)(H,74,89)(H,75,87)(H,76,91)(H,77,84)(H,78,85)(H,79,92)(H,80,90)(H,81,83)(H,93,94)/t45-,49+,50-,51-,52-,53-,54-,55-/m0/s1. The maximum atomic E-state index is 14.6. The number of rotatable bonds is 35. The second kappa shape index (κ2) is 37.5. The predicted octanol–water partition coefficient (Wildman–Crippen LogP) is 3.08. The third-order valence-corrected chi connectivity index (χ3v) is 16.0. The lowest BCUT2D eigenvalue weighted by molar-refractivity contribution is -0.144. The van der Waals surface area contributed by atoms with Crippen LogP contribution >= 0.6 is 0 Å². The molecule has 2 fully saturated rings. The molecule has 532 valence electrons. The SMILES string of the molecule is CC(C)C[C@H](NC(=O)CNC(=O)[C@H](CC(C)C)NC(=O)[C@H](CCC(=O)NC(c1ccccc1)(c1ccccc1)c1ccccc1)NC(=O)CNC(=O)[C@@H]1C[C@@H](OC(C)(C)C)CN1)C(=O)N[C@@H](C)C(=O)NCC(=O)N1CCC[C@H]1C(=O)N[C@@H](CCCCNC(=O)OC(C)(C)C)C(=O)O. The Hall–Kier alpha value is -8.98. The summed E-state index contributed by atoms with van der Waals surface area (Å²) >= 11 is 0. The number of alkyl carbamates (subject to hydrolysis) is 1. The number of likely N-dealkylation sites (tertiary alicyclic amines) is 1. The van der Waals surface area contributed by atoms with Gasteiger partial charge in [0.15, 0.2) is 0 Å². The monoisotopic (exact) mass is 1350 g/mol. The van der Waals surface area contributed by atoms with Crippen LogP contribution in [0.25, 0.3) is 0 Å². The Morgan fingerprint density at radius 3 is 1.62 bits per heavy atom. The number of unbranched alkanes of at least 4 members (excludes halogenated alkanes) is 1. The zero-order valence-electron chi connectivity index (χ0n) is 57.9. The molecule has 0 saturated carbocycles. The van der Waals surface area contributed by atoms with E-state index >= 15 is 0 Å². The number of benzene rings is 3. The zero-order valence-corrected chi connectivity index (χ0v) is 57.9. The third-order valence-electron chi connectivity index (χ3n) is 16.0. The highest BCUT2D eigenvalue weighted by molar-refractivity contribution is 5.97. The average Bonchev–Trinajstić information content (AvgIpc) is 1.39. The molecule has 12 N–H and O–H groups in total. The van der Waals surface area contributed by atoms with Crippen molar-refractivity contribution < 1.29 is 72.1 Å². The normalized spacial score (nSPS) is 17.0. The van der Waals surface area contributed by atoms with Crippen LogP contribution < -0.4 is 58.5 Å². The Morgan fingerprint density at radius 2 is 1.08 bits per heavy atom. The predicted molar refractivity (Wildman–Crippen MR) is 361 cm³/mol. The van der Waals surface area contributed by atoms with Gasteiger partial charge in [-0.1, -0.05) is 119 Å². The number of hydrogen-bond donors (Lipinski definition) is 12. The van der Waals surface area contributed by atoms with Crippen molar-refractivity contribution in [3.8, 4) is 0 Å². The van der Waals surface area contributed by atoms with Crippen molar-refractivity contribution in [2.45, 2.75) is 206 Å². The van der Waals surface area contributed by atoms with Gasteiger partial charge in [-0.25, -0.2) is 9.59 Å². The van der Waals surface area contributed by atoms with Gasteiger partial charge in [0.25, 0.3) is 0 Å². The Kier molecular flexibility index (Phi) is 30.4. The van der Waals surface area contributed by atoms with E-state index in [4.69, 9.17) is 9.47 Å². The number of nitrogens with one attached hydrogen (secondary N) is 11. The van der Waals surface area contributed by atoms with E-state index in [0.29, 0.717) is 32.2 Å². The molecule has 2 aliphatic heterocycles. The Bertz CT molecular complexity index is 3060. The summed E-state index contributed by atoms with van der Waals surface area (Å²) in [5.74, 6) is -8.56. The van der Waals surface area contributed by atoms with Gasteiger partial charge in [0.05, 0.1) is 37.4 Å². The molecule has 5 rings (SSSR count). The molecular formula is C70H102N12O15. The quantitative estimate of drug-likeness (QED) is 0.0297. The number of hydrogen-bond acceptors (Lipinski definition) is 15. The molecule has 3 aromatic rings. The van der Waals surface area contributed by atoms with E-state index in [0.717, 1.165) is 16.7 Å². The summed E-state index contributed by atoms with van der Waals surface area (Å²) in [6.07, 6.45) is 0.592. The molecule has 27 heteroatoms. The largest absolute Gasteiger partial charge is 0.480 e. The van der Waals surface area contributed by atoms with Gasteiger partial charge < -0.3 is 78.0 Å². The van der Waals surface area contributed by atoms with Crippen LogP contribution in [0.3, 0.4) is 0 Å². The van der Waals surface area contributed by atoms with Gasteiger partial charge in [-0.15, -0.1) is 0 Å². The van der Waals surface area contributed by atoms with Gasteiger partial charge in [-0.3, -0.25) is 47.9 Å². The molecule has 3 aromatic carbocycles. The average molecular weight is 1350 g/mol. The van der Waals surface area contributed by atoms with E-state index in [2.05, 4.69) is 58.5 Å². The fourth-order valence-corrected chi connectivity index (χ4v) is 11.5. The molecule has 11 amide bonds. The van der Waals surface area contributed by atoms with Crippen molar-refractivity contribution in [1.82, 2.24) is 63.4 Å². The van der Waals surface area contributed by atoms with Crippen molar-refractivity contribution in [3.63, 3.8) is 0 Å². The molecule has 0 unspecified atom stereocenters. The number of carbonyl (C=O) groups excluding carboxylic acids is 11. The number of aliphatic carboxylic acids is 1. The maximum Gasteiger partial charge on any atom is 0.407 e. The molecule has 8 atom stereocenters. The lowest BCUT2D eigenvalue weighted by Crippen LogP contribution is -2.57. The first-order valence-corrected chi connectivity index (χ1v) is 33.5. The number of carboxylic acids is 1. The van der Waals surface area contributed by atoms with Crippen molar-refractivity contribution in [1.29, 1.82) is 0 Å². The first-order valence-electron chi connectivity index (χ1n) is 33.5. The van der Waals surface area contributed by atoms with Crippen molar-refractivity contribution in [3.05, 3.63) is 108 Å². The minimum absolute atomic E-state index is 0.0536. The Balaban J connectivity index is 1.20. The third kappa shape index (κ3) is 26.2. The van der Waals surface area contributed by atoms with E-state index in [1.165, 1.54) is 11.8 Å². The molecule has 27 nitrogen and oxygen atoms in total. The molecule has 2 aliphatic rings. The Labute approximate surface area is 568 Å². The van der Waals surface area contributed by atoms with Gasteiger partial charge in [0.2, 0.25) is 59.1 Å². The van der Waals surface area contributed by atoms with Crippen LogP contribution in [-0.2, 0) is 67.8 Å². The summed E-state index contributed by atoms with van der Waals surface area (Å²) in [5.41, 5.74) is -0.0986. The number of carbonyl (C=O) groups is 12. The summed E-state index contributed by atoms with van der Waals surface area (Å²) in [5, 5.41) is 39.6. The van der Waals surface area contributed by atoms with Crippen LogP contribution in [0.5, 0.6) is 0 Å². The molecule has 0 aromatic heterocycles. The number of amides is 11. The van der Waals surface area contributed by atoms with Crippen LogP contribution in [0.15, 0.2) is 91.0 Å². The lowest BCUT2D eigenvalue weighted by Gasteiger charge is -2.37. The van der Waals surface area contributed by atoms with E-state index in [-0.39, 0.29) is 69.6 Å². The van der Waals surface area contributed by atoms with Crippen molar-refractivity contribution in [2.24, 2.45) is 11.8 Å². The fraction of sp³-hybridized carbons (Fsp3) is 0.571. The smallest absolute Gasteiger partial charge is 0.407 e. The number of ether oxygens (including phenoxy) is 2. The van der Waals surface area contributed by atoms with Crippen molar-refractivity contribution >= 4 is 71.1 Å². The highest BCUT2D eigenvalue weighted by Crippen LogP contribution is 2.37. The van der Waals surface area contributed by atoms with Gasteiger partial charge in [0, 0.05) is 26.1 Å². The minimum atomic E-state index is -1.43. The topological polar surface area (TPSA) is 379 Å². The Morgan fingerprint density at radius 1 is 0.557 bits per heavy atom. The first-order chi connectivity index (χ1) is 45.7. The first kappa shape index (κ1) is 78.7. The van der Waals surface area contributed by atoms with E-state index in [1.807, 2.05) is 126 Å². The second-order valence-corrected chi connectivity index (χ2v) is 27.5. The van der Waals surface area contributed by atoms with Crippen LogP contribution in [0.1, 0.15) is 157 Å². The van der Waals surface area contributed by atoms with Gasteiger partial charge in [-0.2, -0.15) is 0 Å². The van der Waals surface area contributed by atoms with E-state index in [1.54, 1.807) is 34.6 Å². The molecular weight excluding hydrogens is 1250 g/mol. The summed E-state index contributed by atoms with van der Waals surface area (Å²) in [6, 6.07) is 20.1. The second-order valence-electron chi connectivity index (χ2n) is 27.5. The van der Waals surface area contributed by atoms with Crippen LogP contribution in [0.4, 0.5) is 4.79 Å². The number of carboxylic acid groups (broad SMARTS) is 1. The van der Waals surface area contributed by atoms with Crippen LogP contribution in [-0.4, -0.2) is 180 Å². The molecule has 0 radical (unpaired) electrons. The van der Waals surface area contributed by atoms with Gasteiger partial charge >= 0.3 is 12.1 Å². The molecule has 97 heavy (non-hydrogen) atoms. The molecule has 0 aliphatic carbocycles. The summed E-state index contributed by atoms with van der Waals surface area (Å²) < 4.78 is 11.2. The van der Waals surface area contributed by atoms with Crippen molar-refractivity contribution in [2.75, 3.05) is 39.3 Å². The molecule has 2 heterocycles. The summed E-state index contributed by atoms with van der Waals surface area (Å²) in [6.45, 7) is 18.6. The van der Waals surface area contributed by atoms with Gasteiger partial charge in [-0.05, 0) is 135 Å².